The lowest BCUT2D eigenvalue weighted by atomic mass is 10.1. The first-order chi connectivity index (χ1) is 36.2. The van der Waals surface area contributed by atoms with Crippen LogP contribution >= 0.6 is 45.2 Å². The molecule has 6 rings (SSSR count). The summed E-state index contributed by atoms with van der Waals surface area (Å²) in [5, 5.41) is 35.3. The number of benzene rings is 5. The zero-order valence-corrected chi connectivity index (χ0v) is 47.2. The van der Waals surface area contributed by atoms with E-state index < -0.39 is 67.7 Å². The van der Waals surface area contributed by atoms with Crippen LogP contribution in [-0.4, -0.2) is 117 Å². The number of rotatable bonds is 26. The van der Waals surface area contributed by atoms with Gasteiger partial charge in [-0.3, -0.25) is 18.2 Å². The SMILES string of the molecule is COc1ccc(N=Nc2cc(OCCCS(=O)(=O)O)c(Nc3nc(NCc4ccc(C(=O)O)cc4)nc(Nc4cc(I)c(N=Nc5ccc(OC)c(S(=O)(=O)O)c5)cc4OCCCS(=O)(=O)O)n3)cc2I)cc1S(=O)(=O)O. The lowest BCUT2D eigenvalue weighted by Gasteiger charge is -2.17. The molecule has 0 fully saturated rings. The van der Waals surface area contributed by atoms with Gasteiger partial charge in [0.2, 0.25) is 17.8 Å². The first-order valence-electron chi connectivity index (χ1n) is 21.5. The molecule has 0 spiro atoms. The second-order valence-electron chi connectivity index (χ2n) is 15.5. The third kappa shape index (κ3) is 18.0. The van der Waals surface area contributed by atoms with Gasteiger partial charge in [-0.25, -0.2) is 4.79 Å². The number of carboxylic acid groups (broad SMARTS) is 1. The third-order valence-corrected chi connectivity index (χ3v) is 15.0. The number of nitrogens with one attached hydrogen (secondary N) is 3. The van der Waals surface area contributed by atoms with Crippen molar-refractivity contribution in [3.8, 4) is 23.0 Å². The van der Waals surface area contributed by atoms with Gasteiger partial charge in [-0.2, -0.15) is 58.9 Å². The van der Waals surface area contributed by atoms with E-state index in [9.17, 15) is 61.8 Å². The van der Waals surface area contributed by atoms with Crippen molar-refractivity contribution in [3.63, 3.8) is 0 Å². The Bertz CT molecular complexity index is 3500. The molecule has 1 aromatic heterocycles. The van der Waals surface area contributed by atoms with E-state index in [2.05, 4.69) is 51.4 Å². The van der Waals surface area contributed by atoms with Crippen molar-refractivity contribution in [1.82, 2.24) is 15.0 Å². The Balaban J connectivity index is 1.41. The number of methoxy groups -OCH3 is 2. The Labute approximate surface area is 466 Å². The van der Waals surface area contributed by atoms with E-state index in [1.54, 1.807) is 12.1 Å². The lowest BCUT2D eigenvalue weighted by molar-refractivity contribution is 0.0696. The van der Waals surface area contributed by atoms with E-state index >= 15 is 0 Å². The van der Waals surface area contributed by atoms with Gasteiger partial charge in [0.15, 0.2) is 0 Å². The van der Waals surface area contributed by atoms with Crippen LogP contribution in [-0.2, 0) is 47.0 Å². The van der Waals surface area contributed by atoms with Crippen molar-refractivity contribution < 1.29 is 80.7 Å². The summed E-state index contributed by atoms with van der Waals surface area (Å²) < 4.78 is 155. The van der Waals surface area contributed by atoms with Crippen LogP contribution in [0, 0.1) is 7.14 Å². The highest BCUT2D eigenvalue weighted by molar-refractivity contribution is 14.1. The molecule has 5 aromatic carbocycles. The zero-order chi connectivity index (χ0) is 56.3. The highest BCUT2D eigenvalue weighted by Crippen LogP contribution is 2.40. The van der Waals surface area contributed by atoms with E-state index in [4.69, 9.17) is 18.9 Å². The topological polar surface area (TPSA) is 416 Å². The highest BCUT2D eigenvalue weighted by atomic mass is 127. The summed E-state index contributed by atoms with van der Waals surface area (Å²) in [6.07, 6.45) is -0.329. The summed E-state index contributed by atoms with van der Waals surface area (Å²) in [6.45, 7) is -0.458. The molecule has 0 bridgehead atoms. The Hall–Kier alpha value is -6.52. The molecule has 0 saturated heterocycles. The molecule has 0 saturated carbocycles. The van der Waals surface area contributed by atoms with Crippen LogP contribution in [0.15, 0.2) is 115 Å². The van der Waals surface area contributed by atoms with Gasteiger partial charge in [0.05, 0.1) is 67.3 Å². The van der Waals surface area contributed by atoms with Gasteiger partial charge in [0.1, 0.15) is 44.2 Å². The molecule has 34 heteroatoms. The van der Waals surface area contributed by atoms with Crippen LogP contribution in [0.25, 0.3) is 0 Å². The fourth-order valence-electron chi connectivity index (χ4n) is 6.36. The molecular formula is C43H42I2N10O18S4. The summed E-state index contributed by atoms with van der Waals surface area (Å²) in [6, 6.07) is 19.2. The third-order valence-electron chi connectivity index (χ3n) is 9.88. The van der Waals surface area contributed by atoms with E-state index in [1.807, 2.05) is 45.2 Å². The molecule has 8 N–H and O–H groups in total. The van der Waals surface area contributed by atoms with E-state index in [0.29, 0.717) is 12.7 Å². The van der Waals surface area contributed by atoms with Gasteiger partial charge in [0.25, 0.3) is 40.5 Å². The number of azo groups is 2. The van der Waals surface area contributed by atoms with E-state index in [-0.39, 0.29) is 113 Å². The molecule has 0 aliphatic heterocycles. The summed E-state index contributed by atoms with van der Waals surface area (Å²) in [5.74, 6) is -3.06. The Morgan fingerprint density at radius 2 is 0.974 bits per heavy atom. The first kappa shape index (κ1) is 59.7. The molecule has 0 aliphatic rings. The van der Waals surface area contributed by atoms with Crippen LogP contribution in [0.3, 0.4) is 0 Å². The van der Waals surface area contributed by atoms with Crippen LogP contribution in [0.5, 0.6) is 23.0 Å². The number of aromatic nitrogens is 3. The van der Waals surface area contributed by atoms with Crippen LogP contribution in [0.1, 0.15) is 28.8 Å². The maximum atomic E-state index is 12.0. The number of aromatic carboxylic acids is 1. The predicted molar refractivity (Wildman–Crippen MR) is 292 cm³/mol. The van der Waals surface area contributed by atoms with Crippen molar-refractivity contribution in [3.05, 3.63) is 103 Å². The summed E-state index contributed by atoms with van der Waals surface area (Å²) >= 11 is 3.85. The Morgan fingerprint density at radius 3 is 1.35 bits per heavy atom. The minimum absolute atomic E-state index is 0.000862. The molecular weight excluding hydrogens is 1330 g/mol. The molecule has 1 heterocycles. The monoisotopic (exact) mass is 1370 g/mol. The molecule has 410 valence electrons. The molecule has 0 amide bonds. The molecule has 0 radical (unpaired) electrons. The number of ether oxygens (including phenoxy) is 4. The normalized spacial score (nSPS) is 12.2. The summed E-state index contributed by atoms with van der Waals surface area (Å²) in [4.78, 5) is 24.0. The number of halogens is 2. The molecule has 6 aromatic rings. The van der Waals surface area contributed by atoms with Crippen molar-refractivity contribution in [2.24, 2.45) is 20.5 Å². The van der Waals surface area contributed by atoms with E-state index in [0.717, 1.165) is 12.1 Å². The number of nitrogens with zero attached hydrogens (tertiary/aromatic N) is 7. The molecule has 0 unspecified atom stereocenters. The average Bonchev–Trinajstić information content (AvgIpc) is 3.35. The van der Waals surface area contributed by atoms with Gasteiger partial charge in [0, 0.05) is 25.8 Å². The number of anilines is 5. The van der Waals surface area contributed by atoms with E-state index in [1.165, 1.54) is 74.9 Å². The Kier molecular flexibility index (Phi) is 20.0. The minimum atomic E-state index is -4.73. The Morgan fingerprint density at radius 1 is 0.558 bits per heavy atom. The smallest absolute Gasteiger partial charge is 0.335 e. The highest BCUT2D eigenvalue weighted by Gasteiger charge is 2.21. The molecule has 0 atom stereocenters. The number of hydrogen-bond acceptors (Lipinski definition) is 23. The van der Waals surface area contributed by atoms with Gasteiger partial charge in [-0.05, 0) is 124 Å². The van der Waals surface area contributed by atoms with Gasteiger partial charge in [-0.1, -0.05) is 12.1 Å². The van der Waals surface area contributed by atoms with Crippen molar-refractivity contribution in [1.29, 1.82) is 0 Å². The fourth-order valence-corrected chi connectivity index (χ4v) is 9.82. The largest absolute Gasteiger partial charge is 0.495 e. The zero-order valence-electron chi connectivity index (χ0n) is 39.6. The quantitative estimate of drug-likeness (QED) is 0.0109. The number of hydrogen-bond donors (Lipinski definition) is 8. The first-order valence-corrected chi connectivity index (χ1v) is 29.8. The predicted octanol–water partition coefficient (Wildman–Crippen LogP) is 8.53. The number of carbonyl (C=O) groups is 1. The van der Waals surface area contributed by atoms with Gasteiger partial charge < -0.3 is 40.0 Å². The summed E-state index contributed by atoms with van der Waals surface area (Å²) in [5.41, 5.74) is 1.31. The minimum Gasteiger partial charge on any atom is -0.495 e. The number of carboxylic acids is 1. The molecule has 28 nitrogen and oxygen atoms in total. The standard InChI is InChI=1S/C43H42I2N10O18S4/c1-70-34-11-9-26(17-38(34)76(64,65)66)52-54-30-21-36(72-13-3-15-74(58,59)60)32(19-28(30)44)47-42-49-41(46-23-24-5-7-25(8-6-24)40(56)57)50-43(51-42)48-33-20-29(45)31(22-37(33)73-14-4-16-75(61,62)63)55-53-27-10-12-35(71-2)39(18-27)77(67,68)69/h5-12,17-22H,3-4,13-16,23H2,1-2H3,(H,56,57)(H,58,59,60)(H,61,62,63)(H,64,65,66)(H,67,68,69)(H3,46,47,48,49,50,51). The van der Waals surface area contributed by atoms with Crippen molar-refractivity contribution in [2.75, 3.05) is 54.9 Å². The summed E-state index contributed by atoms with van der Waals surface area (Å²) in [7, 11) is -15.8. The van der Waals surface area contributed by atoms with Gasteiger partial charge in [-0.15, -0.1) is 10.2 Å². The second-order valence-corrected chi connectivity index (χ2v) is 23.8. The average molecular weight is 1370 g/mol. The van der Waals surface area contributed by atoms with Gasteiger partial charge >= 0.3 is 5.97 Å². The maximum Gasteiger partial charge on any atom is 0.335 e. The molecule has 0 aliphatic carbocycles. The lowest BCUT2D eigenvalue weighted by Crippen LogP contribution is -2.12. The van der Waals surface area contributed by atoms with Crippen LogP contribution in [0.2, 0.25) is 0 Å². The van der Waals surface area contributed by atoms with Crippen LogP contribution < -0.4 is 34.9 Å². The molecule has 77 heavy (non-hydrogen) atoms. The van der Waals surface area contributed by atoms with Crippen LogP contribution in [0.4, 0.5) is 52.0 Å². The second kappa shape index (κ2) is 25.8. The van der Waals surface area contributed by atoms with Crippen molar-refractivity contribution in [2.45, 2.75) is 29.2 Å². The van der Waals surface area contributed by atoms with Crippen molar-refractivity contribution >= 4 is 144 Å². The maximum absolute atomic E-state index is 12.0. The fraction of sp³-hybridized carbons (Fsp3) is 0.209.